The molecule has 14 heavy (non-hydrogen) atoms. The molecule has 0 aliphatic rings. The van der Waals surface area contributed by atoms with Gasteiger partial charge < -0.3 is 0 Å². The summed E-state index contributed by atoms with van der Waals surface area (Å²) in [5.41, 5.74) is 0. The van der Waals surface area contributed by atoms with E-state index in [1.54, 1.807) is 13.8 Å². The van der Waals surface area contributed by atoms with Gasteiger partial charge in [-0.05, 0) is 0 Å². The normalized spacial score (nSPS) is 8.79. The van der Waals surface area contributed by atoms with Crippen LogP contribution in [0.4, 0.5) is 0 Å². The second kappa shape index (κ2) is 12.6. The molecule has 0 atom stereocenters. The van der Waals surface area contributed by atoms with Crippen molar-refractivity contribution in [1.29, 1.82) is 0 Å². The molecule has 0 fully saturated rings. The standard InChI is InChI=1S/C6H13NO2S.2C2H6/c1-4-10(9,5-2)7-6(3)8;2*1-2/h4-5H2,1-3H3;2*1-2H3. The van der Waals surface area contributed by atoms with Crippen molar-refractivity contribution >= 4 is 15.6 Å². The summed E-state index contributed by atoms with van der Waals surface area (Å²) in [6.45, 7) is 12.9. The Labute approximate surface area is 89.5 Å². The predicted molar refractivity (Wildman–Crippen MR) is 65.0 cm³/mol. The smallest absolute Gasteiger partial charge is 0.250 e. The molecule has 0 radical (unpaired) electrons. The quantitative estimate of drug-likeness (QED) is 0.722. The van der Waals surface area contributed by atoms with Gasteiger partial charge in [-0.2, -0.15) is 4.36 Å². The van der Waals surface area contributed by atoms with Crippen LogP contribution in [0.2, 0.25) is 0 Å². The van der Waals surface area contributed by atoms with Gasteiger partial charge in [0.25, 0.3) is 5.91 Å². The van der Waals surface area contributed by atoms with E-state index >= 15 is 0 Å². The zero-order chi connectivity index (χ0) is 12.2. The average molecular weight is 223 g/mol. The molecule has 0 spiro atoms. The van der Waals surface area contributed by atoms with Gasteiger partial charge >= 0.3 is 0 Å². The second-order valence-corrected chi connectivity index (χ2v) is 4.84. The zero-order valence-corrected chi connectivity index (χ0v) is 11.4. The molecule has 0 N–H and O–H groups in total. The van der Waals surface area contributed by atoms with Gasteiger partial charge in [0, 0.05) is 18.4 Å². The molecule has 0 aliphatic carbocycles. The van der Waals surface area contributed by atoms with E-state index in [9.17, 15) is 9.00 Å². The fourth-order valence-corrected chi connectivity index (χ4v) is 1.70. The third-order valence-electron chi connectivity index (χ3n) is 1.20. The van der Waals surface area contributed by atoms with Crippen LogP contribution >= 0.6 is 0 Å². The zero-order valence-electron chi connectivity index (χ0n) is 10.6. The molecule has 0 rings (SSSR count). The van der Waals surface area contributed by atoms with Crippen LogP contribution in [0.5, 0.6) is 0 Å². The fraction of sp³-hybridized carbons (Fsp3) is 0.900. The minimum atomic E-state index is -2.19. The van der Waals surface area contributed by atoms with Crippen molar-refractivity contribution < 1.29 is 9.00 Å². The van der Waals surface area contributed by atoms with Crippen LogP contribution in [0.25, 0.3) is 0 Å². The van der Waals surface area contributed by atoms with Crippen molar-refractivity contribution in [2.75, 3.05) is 11.5 Å². The first-order valence-corrected chi connectivity index (χ1v) is 7.12. The topological polar surface area (TPSA) is 46.5 Å². The maximum atomic E-state index is 11.3. The van der Waals surface area contributed by atoms with Crippen LogP contribution in [-0.2, 0) is 14.5 Å². The van der Waals surface area contributed by atoms with Crippen molar-refractivity contribution in [3.63, 3.8) is 0 Å². The van der Waals surface area contributed by atoms with Gasteiger partial charge in [-0.15, -0.1) is 0 Å². The number of carbonyl (C=O) groups is 1. The van der Waals surface area contributed by atoms with E-state index in [0.29, 0.717) is 11.5 Å². The Morgan fingerprint density at radius 1 is 1.07 bits per heavy atom. The number of hydrogen-bond donors (Lipinski definition) is 0. The first kappa shape index (κ1) is 19.2. The lowest BCUT2D eigenvalue weighted by atomic mass is 10.8. The van der Waals surface area contributed by atoms with Crippen molar-refractivity contribution in [3.05, 3.63) is 0 Å². The lowest BCUT2D eigenvalue weighted by Gasteiger charge is -1.99. The van der Waals surface area contributed by atoms with Gasteiger partial charge in [-0.1, -0.05) is 41.5 Å². The van der Waals surface area contributed by atoms with Crippen LogP contribution in [0.3, 0.4) is 0 Å². The molecule has 88 valence electrons. The minimum Gasteiger partial charge on any atom is -0.272 e. The summed E-state index contributed by atoms with van der Waals surface area (Å²) >= 11 is 0. The summed E-state index contributed by atoms with van der Waals surface area (Å²) in [4.78, 5) is 10.4. The van der Waals surface area contributed by atoms with Crippen molar-refractivity contribution in [2.45, 2.75) is 48.5 Å². The van der Waals surface area contributed by atoms with Crippen LogP contribution < -0.4 is 0 Å². The molecule has 0 aromatic rings. The van der Waals surface area contributed by atoms with Crippen LogP contribution in [0.15, 0.2) is 4.36 Å². The second-order valence-electron chi connectivity index (χ2n) is 1.96. The Balaban J connectivity index is -0.000000266. The average Bonchev–Trinajstić information content (AvgIpc) is 2.23. The molecule has 3 nitrogen and oxygen atoms in total. The van der Waals surface area contributed by atoms with Gasteiger partial charge in [0.15, 0.2) is 0 Å². The molecule has 0 aromatic carbocycles. The molecule has 1 amide bonds. The Hall–Kier alpha value is -0.380. The highest BCUT2D eigenvalue weighted by Gasteiger charge is 2.02. The number of carbonyl (C=O) groups excluding carboxylic acids is 1. The maximum Gasteiger partial charge on any atom is 0.250 e. The predicted octanol–water partition coefficient (Wildman–Crippen LogP) is 3.09. The third kappa shape index (κ3) is 11.6. The molecule has 0 saturated heterocycles. The molecule has 4 heteroatoms. The van der Waals surface area contributed by atoms with E-state index in [1.807, 2.05) is 27.7 Å². The van der Waals surface area contributed by atoms with Crippen molar-refractivity contribution in [1.82, 2.24) is 0 Å². The Bertz CT molecular complexity index is 218. The van der Waals surface area contributed by atoms with E-state index in [4.69, 9.17) is 0 Å². The van der Waals surface area contributed by atoms with Crippen LogP contribution in [0.1, 0.15) is 48.5 Å². The largest absolute Gasteiger partial charge is 0.272 e. The molecule has 0 bridgehead atoms. The molecule has 0 heterocycles. The monoisotopic (exact) mass is 223 g/mol. The van der Waals surface area contributed by atoms with Gasteiger partial charge in [0.2, 0.25) is 0 Å². The van der Waals surface area contributed by atoms with Crippen molar-refractivity contribution in [2.24, 2.45) is 4.36 Å². The first-order chi connectivity index (χ1) is 6.54. The van der Waals surface area contributed by atoms with Gasteiger partial charge in [-0.3, -0.25) is 4.79 Å². The third-order valence-corrected chi connectivity index (χ3v) is 3.59. The summed E-state index contributed by atoms with van der Waals surface area (Å²) in [6, 6.07) is 0. The van der Waals surface area contributed by atoms with E-state index < -0.39 is 9.73 Å². The van der Waals surface area contributed by atoms with E-state index in [2.05, 4.69) is 4.36 Å². The van der Waals surface area contributed by atoms with Crippen LogP contribution in [-0.4, -0.2) is 21.6 Å². The Kier molecular flexibility index (Phi) is 17.3. The highest BCUT2D eigenvalue weighted by molar-refractivity contribution is 7.93. The summed E-state index contributed by atoms with van der Waals surface area (Å²) < 4.78 is 14.9. The van der Waals surface area contributed by atoms with E-state index in [0.717, 1.165) is 0 Å². The molecule has 0 aromatic heterocycles. The lowest BCUT2D eigenvalue weighted by molar-refractivity contribution is -0.115. The lowest BCUT2D eigenvalue weighted by Crippen LogP contribution is -2.07. The molecule has 0 unspecified atom stereocenters. The highest BCUT2D eigenvalue weighted by Crippen LogP contribution is 1.95. The number of nitrogens with zero attached hydrogens (tertiary/aromatic N) is 1. The number of hydrogen-bond acceptors (Lipinski definition) is 2. The van der Waals surface area contributed by atoms with Gasteiger partial charge in [0.1, 0.15) is 0 Å². The Morgan fingerprint density at radius 3 is 1.43 bits per heavy atom. The van der Waals surface area contributed by atoms with Gasteiger partial charge in [0.05, 0.1) is 9.73 Å². The molecular formula is C10H25NO2S. The molecule has 0 aliphatic heterocycles. The molecular weight excluding hydrogens is 198 g/mol. The van der Waals surface area contributed by atoms with E-state index in [-0.39, 0.29) is 5.91 Å². The number of rotatable bonds is 2. The summed E-state index contributed by atoms with van der Waals surface area (Å²) in [6.07, 6.45) is 0. The summed E-state index contributed by atoms with van der Waals surface area (Å²) in [5, 5.41) is 0. The Morgan fingerprint density at radius 2 is 1.36 bits per heavy atom. The number of amides is 1. The fourth-order valence-electron chi connectivity index (χ4n) is 0.568. The first-order valence-electron chi connectivity index (χ1n) is 5.27. The maximum absolute atomic E-state index is 11.3. The molecule has 0 saturated carbocycles. The minimum absolute atomic E-state index is 0.339. The summed E-state index contributed by atoms with van der Waals surface area (Å²) in [5.74, 6) is 0.584. The van der Waals surface area contributed by atoms with Crippen LogP contribution in [0, 0.1) is 0 Å². The summed E-state index contributed by atoms with van der Waals surface area (Å²) in [7, 11) is -2.19. The van der Waals surface area contributed by atoms with Gasteiger partial charge in [-0.25, -0.2) is 4.21 Å². The highest BCUT2D eigenvalue weighted by atomic mass is 32.2. The van der Waals surface area contributed by atoms with Crippen molar-refractivity contribution in [3.8, 4) is 0 Å². The SMILES string of the molecule is CC.CC.CCS(=O)(CC)=NC(C)=O. The van der Waals surface area contributed by atoms with E-state index in [1.165, 1.54) is 6.92 Å².